The van der Waals surface area contributed by atoms with Crippen molar-refractivity contribution in [3.8, 4) is 0 Å². The first kappa shape index (κ1) is 13.4. The normalized spacial score (nSPS) is 16.1. The topological polar surface area (TPSA) is 26.0 Å². The van der Waals surface area contributed by atoms with E-state index in [0.29, 0.717) is 0 Å². The van der Waals surface area contributed by atoms with Crippen LogP contribution in [-0.2, 0) is 25.7 Å². The van der Waals surface area contributed by atoms with E-state index in [9.17, 15) is 0 Å². The second kappa shape index (κ2) is 5.41. The van der Waals surface area contributed by atoms with Crippen molar-refractivity contribution in [1.82, 2.24) is 0 Å². The quantitative estimate of drug-likeness (QED) is 0.899. The lowest BCUT2D eigenvalue weighted by molar-refractivity contribution is 0.315. The fourth-order valence-corrected chi connectivity index (χ4v) is 3.44. The molecule has 2 aromatic rings. The van der Waals surface area contributed by atoms with E-state index in [0.717, 1.165) is 32.2 Å². The van der Waals surface area contributed by atoms with Crippen molar-refractivity contribution >= 4 is 0 Å². The molecule has 0 spiro atoms. The Kier molecular flexibility index (Phi) is 3.62. The van der Waals surface area contributed by atoms with Crippen molar-refractivity contribution < 1.29 is 0 Å². The average Bonchev–Trinajstić information content (AvgIpc) is 2.86. The smallest absolute Gasteiger partial charge is 0.00109 e. The SMILES string of the molecule is CCc1ccc(CC2(CN)Cc3ccccc3C2)cc1. The monoisotopic (exact) mass is 265 g/mol. The minimum atomic E-state index is 0.220. The van der Waals surface area contributed by atoms with Crippen molar-refractivity contribution in [2.24, 2.45) is 11.1 Å². The van der Waals surface area contributed by atoms with Crippen molar-refractivity contribution in [3.05, 3.63) is 70.8 Å². The van der Waals surface area contributed by atoms with Gasteiger partial charge in [-0.15, -0.1) is 0 Å². The zero-order valence-corrected chi connectivity index (χ0v) is 12.2. The Morgan fingerprint density at radius 1 is 0.900 bits per heavy atom. The number of rotatable bonds is 4. The Balaban J connectivity index is 1.81. The van der Waals surface area contributed by atoms with Crippen LogP contribution in [-0.4, -0.2) is 6.54 Å². The Hall–Kier alpha value is -1.60. The lowest BCUT2D eigenvalue weighted by atomic mass is 9.79. The molecule has 1 aliphatic carbocycles. The Bertz CT molecular complexity index is 558. The van der Waals surface area contributed by atoms with Crippen LogP contribution in [0.4, 0.5) is 0 Å². The van der Waals surface area contributed by atoms with Crippen LogP contribution < -0.4 is 5.73 Å². The van der Waals surface area contributed by atoms with E-state index in [2.05, 4.69) is 55.5 Å². The van der Waals surface area contributed by atoms with Gasteiger partial charge in [0, 0.05) is 0 Å². The van der Waals surface area contributed by atoms with Crippen molar-refractivity contribution in [1.29, 1.82) is 0 Å². The van der Waals surface area contributed by atoms with E-state index in [1.165, 1.54) is 22.3 Å². The number of fused-ring (bicyclic) bond motifs is 1. The third-order valence-electron chi connectivity index (χ3n) is 4.69. The largest absolute Gasteiger partial charge is 0.330 e. The molecule has 3 rings (SSSR count). The van der Waals surface area contributed by atoms with Gasteiger partial charge in [-0.1, -0.05) is 55.5 Å². The van der Waals surface area contributed by atoms with Crippen LogP contribution in [0.15, 0.2) is 48.5 Å². The summed E-state index contributed by atoms with van der Waals surface area (Å²) in [5.74, 6) is 0. The molecular formula is C19H23N. The maximum Gasteiger partial charge on any atom is -0.00109 e. The van der Waals surface area contributed by atoms with Gasteiger partial charge in [0.1, 0.15) is 0 Å². The second-order valence-electron chi connectivity index (χ2n) is 6.17. The van der Waals surface area contributed by atoms with E-state index in [4.69, 9.17) is 5.73 Å². The van der Waals surface area contributed by atoms with Crippen LogP contribution in [0.1, 0.15) is 29.2 Å². The summed E-state index contributed by atoms with van der Waals surface area (Å²) >= 11 is 0. The Morgan fingerprint density at radius 2 is 1.45 bits per heavy atom. The molecule has 0 fully saturated rings. The highest BCUT2D eigenvalue weighted by molar-refractivity contribution is 5.36. The minimum Gasteiger partial charge on any atom is -0.330 e. The Labute approximate surface area is 121 Å². The number of benzene rings is 2. The molecule has 0 radical (unpaired) electrons. The molecule has 0 amide bonds. The highest BCUT2D eigenvalue weighted by Crippen LogP contribution is 2.38. The second-order valence-corrected chi connectivity index (χ2v) is 6.17. The molecule has 0 heterocycles. The summed E-state index contributed by atoms with van der Waals surface area (Å²) in [5, 5.41) is 0. The van der Waals surface area contributed by atoms with Gasteiger partial charge >= 0.3 is 0 Å². The van der Waals surface area contributed by atoms with Gasteiger partial charge in [-0.05, 0) is 59.9 Å². The maximum atomic E-state index is 6.15. The van der Waals surface area contributed by atoms with Gasteiger partial charge in [-0.2, -0.15) is 0 Å². The molecule has 0 aliphatic heterocycles. The molecule has 20 heavy (non-hydrogen) atoms. The first-order valence-corrected chi connectivity index (χ1v) is 7.59. The summed E-state index contributed by atoms with van der Waals surface area (Å²) in [5.41, 5.74) is 12.2. The van der Waals surface area contributed by atoms with Crippen LogP contribution in [0, 0.1) is 5.41 Å². The molecule has 0 aromatic heterocycles. The lowest BCUT2D eigenvalue weighted by Gasteiger charge is -2.27. The van der Waals surface area contributed by atoms with Gasteiger partial charge < -0.3 is 5.73 Å². The third-order valence-corrected chi connectivity index (χ3v) is 4.69. The highest BCUT2D eigenvalue weighted by atomic mass is 14.6. The molecule has 0 atom stereocenters. The summed E-state index contributed by atoms with van der Waals surface area (Å²) in [4.78, 5) is 0. The van der Waals surface area contributed by atoms with Gasteiger partial charge in [-0.3, -0.25) is 0 Å². The lowest BCUT2D eigenvalue weighted by Crippen LogP contribution is -2.33. The van der Waals surface area contributed by atoms with Crippen molar-refractivity contribution in [3.63, 3.8) is 0 Å². The number of hydrogen-bond acceptors (Lipinski definition) is 1. The van der Waals surface area contributed by atoms with E-state index < -0.39 is 0 Å². The fraction of sp³-hybridized carbons (Fsp3) is 0.368. The minimum absolute atomic E-state index is 0.220. The summed E-state index contributed by atoms with van der Waals surface area (Å²) in [7, 11) is 0. The predicted molar refractivity (Wildman–Crippen MR) is 84.9 cm³/mol. The van der Waals surface area contributed by atoms with Crippen molar-refractivity contribution in [2.75, 3.05) is 6.54 Å². The average molecular weight is 265 g/mol. The van der Waals surface area contributed by atoms with Gasteiger partial charge in [0.25, 0.3) is 0 Å². The zero-order chi connectivity index (χ0) is 14.0. The predicted octanol–water partition coefficient (Wildman–Crippen LogP) is 3.54. The molecule has 0 unspecified atom stereocenters. The maximum absolute atomic E-state index is 6.15. The van der Waals surface area contributed by atoms with E-state index in [-0.39, 0.29) is 5.41 Å². The van der Waals surface area contributed by atoms with E-state index in [1.807, 2.05) is 0 Å². The van der Waals surface area contributed by atoms with E-state index >= 15 is 0 Å². The number of hydrogen-bond donors (Lipinski definition) is 1. The first-order chi connectivity index (χ1) is 9.74. The summed E-state index contributed by atoms with van der Waals surface area (Å²) < 4.78 is 0. The summed E-state index contributed by atoms with van der Waals surface area (Å²) in [6.45, 7) is 2.96. The molecule has 0 saturated carbocycles. The standard InChI is InChI=1S/C19H23N/c1-2-15-7-9-16(10-8-15)11-19(14-20)12-17-5-3-4-6-18(17)13-19/h3-10H,2,11-14,20H2,1H3. The van der Waals surface area contributed by atoms with Crippen LogP contribution in [0.5, 0.6) is 0 Å². The van der Waals surface area contributed by atoms with Gasteiger partial charge in [0.2, 0.25) is 0 Å². The fourth-order valence-electron chi connectivity index (χ4n) is 3.44. The molecule has 2 N–H and O–H groups in total. The molecule has 104 valence electrons. The van der Waals surface area contributed by atoms with Gasteiger partial charge in [0.05, 0.1) is 0 Å². The summed E-state index contributed by atoms with van der Waals surface area (Å²) in [6, 6.07) is 17.9. The molecule has 0 bridgehead atoms. The molecule has 0 saturated heterocycles. The van der Waals surface area contributed by atoms with Crippen molar-refractivity contribution in [2.45, 2.75) is 32.6 Å². The highest BCUT2D eigenvalue weighted by Gasteiger charge is 2.35. The van der Waals surface area contributed by atoms with E-state index in [1.54, 1.807) is 0 Å². The zero-order valence-electron chi connectivity index (χ0n) is 12.2. The van der Waals surface area contributed by atoms with Crippen LogP contribution >= 0.6 is 0 Å². The first-order valence-electron chi connectivity index (χ1n) is 7.59. The Morgan fingerprint density at radius 3 is 1.95 bits per heavy atom. The van der Waals surface area contributed by atoms with Gasteiger partial charge in [0.15, 0.2) is 0 Å². The third kappa shape index (κ3) is 2.51. The molecule has 1 nitrogen and oxygen atoms in total. The molecule has 1 aliphatic rings. The van der Waals surface area contributed by atoms with Crippen LogP contribution in [0.25, 0.3) is 0 Å². The molecule has 2 aromatic carbocycles. The number of aryl methyl sites for hydroxylation is 1. The molecule has 1 heteroatoms. The molecular weight excluding hydrogens is 242 g/mol. The number of nitrogens with two attached hydrogens (primary N) is 1. The van der Waals surface area contributed by atoms with Crippen LogP contribution in [0.2, 0.25) is 0 Å². The van der Waals surface area contributed by atoms with Crippen LogP contribution in [0.3, 0.4) is 0 Å². The van der Waals surface area contributed by atoms with Gasteiger partial charge in [-0.25, -0.2) is 0 Å². The summed E-state index contributed by atoms with van der Waals surface area (Å²) in [6.07, 6.45) is 4.43.